The van der Waals surface area contributed by atoms with Crippen molar-refractivity contribution in [3.63, 3.8) is 0 Å². The molecule has 0 aliphatic heterocycles. The molecule has 134 valence electrons. The third-order valence-corrected chi connectivity index (χ3v) is 3.07. The Morgan fingerprint density at radius 3 is 2.05 bits per heavy atom. The highest BCUT2D eigenvalue weighted by atomic mass is 16.6. The molecule has 0 radical (unpaired) electrons. The fraction of sp³-hybridized carbons (Fsp3) is 1.00. The van der Waals surface area contributed by atoms with E-state index in [0.717, 1.165) is 0 Å². The lowest BCUT2D eigenvalue weighted by molar-refractivity contribution is -0.880. The summed E-state index contributed by atoms with van der Waals surface area (Å²) in [6, 6.07) is 0. The Bertz CT molecular complexity index is 282. The number of ether oxygens (including phenoxy) is 3. The van der Waals surface area contributed by atoms with Crippen LogP contribution in [0.1, 0.15) is 13.8 Å². The molecule has 0 aliphatic carbocycles. The number of nitrogens with zero attached hydrogens (tertiary/aromatic N) is 1. The molecule has 0 fully saturated rings. The van der Waals surface area contributed by atoms with E-state index in [1.807, 2.05) is 21.1 Å². The Labute approximate surface area is 134 Å². The highest BCUT2D eigenvalue weighted by Crippen LogP contribution is 2.10. The lowest BCUT2D eigenvalue weighted by atomic mass is 10.1. The second kappa shape index (κ2) is 10.5. The molecule has 0 bridgehead atoms. The van der Waals surface area contributed by atoms with E-state index < -0.39 is 30.5 Å². The topological polar surface area (TPSA) is 91.2 Å². The molecule has 5 atom stereocenters. The van der Waals surface area contributed by atoms with Crippen molar-refractivity contribution in [2.75, 3.05) is 54.6 Å². The highest BCUT2D eigenvalue weighted by molar-refractivity contribution is 4.73. The molecule has 7 nitrogen and oxygen atoms in total. The van der Waals surface area contributed by atoms with Gasteiger partial charge in [-0.1, -0.05) is 6.10 Å². The second-order valence-corrected chi connectivity index (χ2v) is 6.78. The Kier molecular flexibility index (Phi) is 10.4. The first-order chi connectivity index (χ1) is 10.1. The minimum atomic E-state index is -0.837. The van der Waals surface area contributed by atoms with E-state index in [0.29, 0.717) is 11.0 Å². The minimum Gasteiger partial charge on any atom is -0.846 e. The predicted molar refractivity (Wildman–Crippen MR) is 81.4 cm³/mol. The number of quaternary nitrogens is 1. The van der Waals surface area contributed by atoms with Crippen LogP contribution in [0.4, 0.5) is 0 Å². The van der Waals surface area contributed by atoms with Gasteiger partial charge in [-0.25, -0.2) is 0 Å². The Morgan fingerprint density at radius 2 is 1.59 bits per heavy atom. The molecule has 0 rings (SSSR count). The molecule has 0 saturated carbocycles. The van der Waals surface area contributed by atoms with Crippen molar-refractivity contribution in [3.05, 3.63) is 0 Å². The van der Waals surface area contributed by atoms with Crippen molar-refractivity contribution in [1.29, 1.82) is 0 Å². The molecule has 7 heteroatoms. The van der Waals surface area contributed by atoms with Crippen molar-refractivity contribution >= 4 is 0 Å². The molecule has 0 aromatic rings. The lowest BCUT2D eigenvalue weighted by Gasteiger charge is -2.34. The van der Waals surface area contributed by atoms with Crippen LogP contribution in [-0.4, -0.2) is 99.8 Å². The van der Waals surface area contributed by atoms with E-state index in [-0.39, 0.29) is 19.8 Å². The molecule has 0 spiro atoms. The fourth-order valence-electron chi connectivity index (χ4n) is 2.15. The van der Waals surface area contributed by atoms with Gasteiger partial charge < -0.3 is 34.0 Å². The zero-order valence-electron chi connectivity index (χ0n) is 14.7. The van der Waals surface area contributed by atoms with Crippen molar-refractivity contribution < 1.29 is 34.0 Å². The van der Waals surface area contributed by atoms with Gasteiger partial charge in [0.25, 0.3) is 0 Å². The van der Waals surface area contributed by atoms with Crippen molar-refractivity contribution in [2.24, 2.45) is 0 Å². The van der Waals surface area contributed by atoms with Crippen molar-refractivity contribution in [2.45, 2.75) is 44.4 Å². The van der Waals surface area contributed by atoms with Gasteiger partial charge >= 0.3 is 0 Å². The summed E-state index contributed by atoms with van der Waals surface area (Å²) < 4.78 is 16.4. The number of rotatable bonds is 12. The van der Waals surface area contributed by atoms with Crippen LogP contribution in [0.3, 0.4) is 0 Å². The Morgan fingerprint density at radius 1 is 1.00 bits per heavy atom. The van der Waals surface area contributed by atoms with Crippen LogP contribution < -0.4 is 5.11 Å². The average Bonchev–Trinajstić information content (AvgIpc) is 2.34. The third-order valence-electron chi connectivity index (χ3n) is 3.07. The molecule has 22 heavy (non-hydrogen) atoms. The predicted octanol–water partition coefficient (Wildman–Crippen LogP) is -1.40. The van der Waals surface area contributed by atoms with Gasteiger partial charge in [0, 0.05) is 13.7 Å². The van der Waals surface area contributed by atoms with Crippen LogP contribution in [0.25, 0.3) is 0 Å². The van der Waals surface area contributed by atoms with E-state index >= 15 is 0 Å². The second-order valence-electron chi connectivity index (χ2n) is 6.78. The van der Waals surface area contributed by atoms with E-state index in [2.05, 4.69) is 0 Å². The summed E-state index contributed by atoms with van der Waals surface area (Å²) in [5.74, 6) is 0. The summed E-state index contributed by atoms with van der Waals surface area (Å²) in [6.45, 7) is 4.06. The number of aliphatic hydroxyl groups excluding tert-OH is 2. The zero-order valence-corrected chi connectivity index (χ0v) is 14.7. The number of likely N-dealkylation sites (N-methyl/N-ethyl adjacent to an activating group) is 1. The normalized spacial score (nSPS) is 19.5. The standard InChI is InChI=1S/C15H33NO6/c1-11(17)15(22-10-14(19)8-20-6)12(2)21-9-13(18)7-16(3,4)5/h11-15,17,19H,7-10H2,1-6H3/t11-,12+,13?,14?,15+/m0/s1. The number of aliphatic hydroxyl groups is 2. The molecule has 0 aliphatic rings. The quantitative estimate of drug-likeness (QED) is 0.429. The van der Waals surface area contributed by atoms with Gasteiger partial charge in [-0.05, 0) is 13.8 Å². The number of hydrogen-bond acceptors (Lipinski definition) is 6. The average molecular weight is 323 g/mol. The van der Waals surface area contributed by atoms with Gasteiger partial charge in [0.2, 0.25) is 0 Å². The van der Waals surface area contributed by atoms with Crippen LogP contribution in [0, 0.1) is 0 Å². The molecule has 2 unspecified atom stereocenters. The van der Waals surface area contributed by atoms with E-state index in [1.165, 1.54) is 7.11 Å². The van der Waals surface area contributed by atoms with E-state index in [9.17, 15) is 15.3 Å². The van der Waals surface area contributed by atoms with Crippen molar-refractivity contribution in [3.8, 4) is 0 Å². The first-order valence-electron chi connectivity index (χ1n) is 7.61. The smallest absolute Gasteiger partial charge is 0.109 e. The molecule has 0 amide bonds. The SMILES string of the molecule is COCC(O)CO[C@H]([C@H](C)O)[C@@H](C)OCC([O-])C[N+](C)(C)C. The van der Waals surface area contributed by atoms with E-state index in [1.54, 1.807) is 13.8 Å². The van der Waals surface area contributed by atoms with Crippen LogP contribution in [0.5, 0.6) is 0 Å². The zero-order chi connectivity index (χ0) is 17.3. The summed E-state index contributed by atoms with van der Waals surface area (Å²) in [4.78, 5) is 0. The number of methoxy groups -OCH3 is 1. The molecule has 0 aromatic carbocycles. The summed E-state index contributed by atoms with van der Waals surface area (Å²) in [5, 5.41) is 31.3. The van der Waals surface area contributed by atoms with Gasteiger partial charge in [-0.2, -0.15) is 0 Å². The molecular weight excluding hydrogens is 290 g/mol. The maximum absolute atomic E-state index is 11.9. The maximum Gasteiger partial charge on any atom is 0.109 e. The third kappa shape index (κ3) is 10.4. The molecular formula is C15H33NO6. The van der Waals surface area contributed by atoms with Gasteiger partial charge in [-0.3, -0.25) is 0 Å². The van der Waals surface area contributed by atoms with Crippen LogP contribution in [0.2, 0.25) is 0 Å². The lowest BCUT2D eigenvalue weighted by Crippen LogP contribution is -2.50. The van der Waals surface area contributed by atoms with Gasteiger partial charge in [0.1, 0.15) is 12.2 Å². The molecule has 0 saturated heterocycles. The maximum atomic E-state index is 11.9. The van der Waals surface area contributed by atoms with Crippen LogP contribution in [-0.2, 0) is 14.2 Å². The number of hydrogen-bond donors (Lipinski definition) is 2. The first kappa shape index (κ1) is 21.7. The van der Waals surface area contributed by atoms with Crippen LogP contribution >= 0.6 is 0 Å². The molecule has 0 aromatic heterocycles. The first-order valence-corrected chi connectivity index (χ1v) is 7.61. The summed E-state index contributed by atoms with van der Waals surface area (Å²) in [5.41, 5.74) is 0. The monoisotopic (exact) mass is 323 g/mol. The largest absolute Gasteiger partial charge is 0.846 e. The van der Waals surface area contributed by atoms with Crippen LogP contribution in [0.15, 0.2) is 0 Å². The summed E-state index contributed by atoms with van der Waals surface area (Å²) in [7, 11) is 7.34. The van der Waals surface area contributed by atoms with Gasteiger partial charge in [-0.15, -0.1) is 0 Å². The van der Waals surface area contributed by atoms with E-state index in [4.69, 9.17) is 14.2 Å². The molecule has 0 heterocycles. The Balaban J connectivity index is 4.27. The Hall–Kier alpha value is -0.280. The summed E-state index contributed by atoms with van der Waals surface area (Å²) >= 11 is 0. The highest BCUT2D eigenvalue weighted by Gasteiger charge is 2.25. The molecule has 2 N–H and O–H groups in total. The summed E-state index contributed by atoms with van der Waals surface area (Å²) in [6.07, 6.45) is -3.42. The fourth-order valence-corrected chi connectivity index (χ4v) is 2.15. The van der Waals surface area contributed by atoms with Gasteiger partial charge in [0.05, 0.1) is 53.1 Å². The van der Waals surface area contributed by atoms with Gasteiger partial charge in [0.15, 0.2) is 0 Å². The minimum absolute atomic E-state index is 0.0385. The van der Waals surface area contributed by atoms with Crippen molar-refractivity contribution in [1.82, 2.24) is 0 Å².